The van der Waals surface area contributed by atoms with Gasteiger partial charge in [0.2, 0.25) is 0 Å². The fourth-order valence-electron chi connectivity index (χ4n) is 4.33. The molecule has 1 fully saturated rings. The van der Waals surface area contributed by atoms with Gasteiger partial charge in [0.1, 0.15) is 18.1 Å². The Morgan fingerprint density at radius 1 is 1.09 bits per heavy atom. The summed E-state index contributed by atoms with van der Waals surface area (Å²) in [6, 6.07) is 14.1. The van der Waals surface area contributed by atoms with Crippen LogP contribution >= 0.6 is 0 Å². The first-order valence-electron chi connectivity index (χ1n) is 12.3. The third-order valence-corrected chi connectivity index (χ3v) is 6.51. The molecule has 0 saturated carbocycles. The molecule has 1 saturated heterocycles. The molecule has 1 unspecified atom stereocenters. The molecule has 1 aliphatic rings. The lowest BCUT2D eigenvalue weighted by Crippen LogP contribution is -2.38. The van der Waals surface area contributed by atoms with Gasteiger partial charge in [0.25, 0.3) is 11.7 Å². The van der Waals surface area contributed by atoms with Crippen molar-refractivity contribution in [3.8, 4) is 5.75 Å². The van der Waals surface area contributed by atoms with Crippen molar-refractivity contribution in [3.63, 3.8) is 0 Å². The van der Waals surface area contributed by atoms with Crippen molar-refractivity contribution in [2.24, 2.45) is 0 Å². The molecule has 2 aromatic rings. The Morgan fingerprint density at radius 3 is 2.26 bits per heavy atom. The maximum atomic E-state index is 13.2. The average molecular weight is 477 g/mol. The van der Waals surface area contributed by atoms with Crippen molar-refractivity contribution in [1.29, 1.82) is 0 Å². The molecule has 0 aliphatic carbocycles. The number of ketones is 1. The van der Waals surface area contributed by atoms with E-state index < -0.39 is 17.7 Å². The SMILES string of the molecule is C=CCOc1ccc(/C(O)=C2\C(=O)C(=O)N(CCN(CC)CC)C2c2ccc(C(C)C)cc2)cc1. The summed E-state index contributed by atoms with van der Waals surface area (Å²) in [5.41, 5.74) is 2.55. The lowest BCUT2D eigenvalue weighted by molar-refractivity contribution is -0.140. The summed E-state index contributed by atoms with van der Waals surface area (Å²) in [6.07, 6.45) is 1.65. The van der Waals surface area contributed by atoms with E-state index in [9.17, 15) is 14.7 Å². The number of aliphatic hydroxyl groups is 1. The number of carbonyl (C=O) groups excluding carboxylic acids is 2. The minimum Gasteiger partial charge on any atom is -0.507 e. The summed E-state index contributed by atoms with van der Waals surface area (Å²) in [5.74, 6) is -0.432. The summed E-state index contributed by atoms with van der Waals surface area (Å²) in [4.78, 5) is 30.2. The Bertz CT molecular complexity index is 1070. The van der Waals surface area contributed by atoms with Gasteiger partial charge >= 0.3 is 0 Å². The topological polar surface area (TPSA) is 70.1 Å². The van der Waals surface area contributed by atoms with E-state index in [0.717, 1.165) is 18.7 Å². The van der Waals surface area contributed by atoms with E-state index in [0.29, 0.717) is 36.9 Å². The second-order valence-electron chi connectivity index (χ2n) is 8.96. The Hall–Kier alpha value is -3.38. The molecule has 0 bridgehead atoms. The number of aliphatic hydroxyl groups excluding tert-OH is 1. The highest BCUT2D eigenvalue weighted by molar-refractivity contribution is 6.46. The van der Waals surface area contributed by atoms with Crippen LogP contribution < -0.4 is 4.74 Å². The smallest absolute Gasteiger partial charge is 0.295 e. The second kappa shape index (κ2) is 11.8. The molecule has 0 spiro atoms. The number of hydrogen-bond acceptors (Lipinski definition) is 5. The molecule has 186 valence electrons. The van der Waals surface area contributed by atoms with E-state index in [1.54, 1.807) is 35.2 Å². The number of likely N-dealkylation sites (tertiary alicyclic amines) is 1. The predicted molar refractivity (Wildman–Crippen MR) is 139 cm³/mol. The number of ether oxygens (including phenoxy) is 1. The molecule has 2 aromatic carbocycles. The monoisotopic (exact) mass is 476 g/mol. The van der Waals surface area contributed by atoms with Gasteiger partial charge in [-0.15, -0.1) is 0 Å². The predicted octanol–water partition coefficient (Wildman–Crippen LogP) is 5.14. The van der Waals surface area contributed by atoms with Gasteiger partial charge < -0.3 is 19.6 Å². The Morgan fingerprint density at radius 2 is 1.71 bits per heavy atom. The largest absolute Gasteiger partial charge is 0.507 e. The van der Waals surface area contributed by atoms with Crippen molar-refractivity contribution in [2.45, 2.75) is 39.7 Å². The Kier molecular flexibility index (Phi) is 8.88. The van der Waals surface area contributed by atoms with Crippen LogP contribution in [-0.4, -0.2) is 59.4 Å². The number of nitrogens with zero attached hydrogens (tertiary/aromatic N) is 2. The van der Waals surface area contributed by atoms with Gasteiger partial charge in [-0.25, -0.2) is 0 Å². The molecule has 1 heterocycles. The summed E-state index contributed by atoms with van der Waals surface area (Å²) in [6.45, 7) is 15.1. The first-order chi connectivity index (χ1) is 16.8. The van der Waals surface area contributed by atoms with E-state index in [-0.39, 0.29) is 11.3 Å². The molecular formula is C29H36N2O4. The molecular weight excluding hydrogens is 440 g/mol. The number of carbonyl (C=O) groups is 2. The molecule has 0 radical (unpaired) electrons. The summed E-state index contributed by atoms with van der Waals surface area (Å²) >= 11 is 0. The van der Waals surface area contributed by atoms with Gasteiger partial charge in [-0.05, 0) is 54.4 Å². The maximum absolute atomic E-state index is 13.2. The maximum Gasteiger partial charge on any atom is 0.295 e. The Balaban J connectivity index is 2.04. The standard InChI is InChI=1S/C29H36N2O4/c1-6-19-35-24-15-13-23(14-16-24)27(32)25-26(22-11-9-21(10-12-22)20(4)5)31(29(34)28(25)33)18-17-30(7-2)8-3/h6,9-16,20,26,32H,1,7-8,17-19H2,2-5H3/b27-25+. The molecule has 3 rings (SSSR count). The molecule has 6 nitrogen and oxygen atoms in total. The minimum atomic E-state index is -0.660. The summed E-state index contributed by atoms with van der Waals surface area (Å²) < 4.78 is 5.52. The fourth-order valence-corrected chi connectivity index (χ4v) is 4.33. The number of hydrogen-bond donors (Lipinski definition) is 1. The Labute approximate surface area is 208 Å². The van der Waals surface area contributed by atoms with E-state index in [1.165, 1.54) is 5.56 Å². The van der Waals surface area contributed by atoms with Crippen molar-refractivity contribution in [1.82, 2.24) is 9.80 Å². The zero-order valence-corrected chi connectivity index (χ0v) is 21.2. The molecule has 1 amide bonds. The van der Waals surface area contributed by atoms with Crippen LogP contribution in [0.3, 0.4) is 0 Å². The van der Waals surface area contributed by atoms with Crippen LogP contribution in [0.5, 0.6) is 5.75 Å². The number of benzene rings is 2. The van der Waals surface area contributed by atoms with E-state index in [2.05, 4.69) is 39.2 Å². The van der Waals surface area contributed by atoms with Gasteiger partial charge in [-0.3, -0.25) is 9.59 Å². The van der Waals surface area contributed by atoms with Crippen molar-refractivity contribution < 1.29 is 19.4 Å². The van der Waals surface area contributed by atoms with E-state index >= 15 is 0 Å². The molecule has 0 aromatic heterocycles. The highest BCUT2D eigenvalue weighted by Crippen LogP contribution is 2.39. The van der Waals surface area contributed by atoms with Crippen LogP contribution in [0.25, 0.3) is 5.76 Å². The normalized spacial score (nSPS) is 17.4. The highest BCUT2D eigenvalue weighted by Gasteiger charge is 2.45. The third-order valence-electron chi connectivity index (χ3n) is 6.51. The highest BCUT2D eigenvalue weighted by atomic mass is 16.5. The van der Waals surface area contributed by atoms with Gasteiger partial charge in [0.15, 0.2) is 0 Å². The molecule has 1 atom stereocenters. The van der Waals surface area contributed by atoms with E-state index in [4.69, 9.17) is 4.74 Å². The van der Waals surface area contributed by atoms with Crippen LogP contribution in [0.4, 0.5) is 0 Å². The number of rotatable bonds is 11. The summed E-state index contributed by atoms with van der Waals surface area (Å²) in [5, 5.41) is 11.3. The second-order valence-corrected chi connectivity index (χ2v) is 8.96. The molecule has 6 heteroatoms. The zero-order valence-electron chi connectivity index (χ0n) is 21.2. The van der Waals surface area contributed by atoms with Crippen LogP contribution in [0.1, 0.15) is 56.3 Å². The third kappa shape index (κ3) is 5.82. The molecule has 1 aliphatic heterocycles. The van der Waals surface area contributed by atoms with Crippen LogP contribution in [0.2, 0.25) is 0 Å². The molecule has 35 heavy (non-hydrogen) atoms. The lowest BCUT2D eigenvalue weighted by atomic mass is 9.93. The first-order valence-corrected chi connectivity index (χ1v) is 12.3. The average Bonchev–Trinajstić information content (AvgIpc) is 3.13. The number of Topliss-reactive ketones (excluding diaryl/α,β-unsaturated/α-hetero) is 1. The first kappa shape index (κ1) is 26.2. The minimum absolute atomic E-state index is 0.117. The number of amides is 1. The van der Waals surface area contributed by atoms with Gasteiger partial charge in [-0.2, -0.15) is 0 Å². The van der Waals surface area contributed by atoms with Crippen molar-refractivity contribution in [2.75, 3.05) is 32.8 Å². The van der Waals surface area contributed by atoms with Crippen molar-refractivity contribution in [3.05, 3.63) is 83.4 Å². The summed E-state index contributed by atoms with van der Waals surface area (Å²) in [7, 11) is 0. The van der Waals surface area contributed by atoms with E-state index in [1.807, 2.05) is 24.3 Å². The van der Waals surface area contributed by atoms with Crippen LogP contribution in [0.15, 0.2) is 66.8 Å². The quantitative estimate of drug-likeness (QED) is 0.211. The lowest BCUT2D eigenvalue weighted by Gasteiger charge is -2.28. The zero-order chi connectivity index (χ0) is 25.5. The van der Waals surface area contributed by atoms with Crippen molar-refractivity contribution >= 4 is 17.4 Å². The molecule has 1 N–H and O–H groups in total. The van der Waals surface area contributed by atoms with Gasteiger partial charge in [0.05, 0.1) is 11.6 Å². The van der Waals surface area contributed by atoms with Gasteiger partial charge in [0, 0.05) is 18.7 Å². The fraction of sp³-hybridized carbons (Fsp3) is 0.379. The van der Waals surface area contributed by atoms with Crippen LogP contribution in [-0.2, 0) is 9.59 Å². The number of likely N-dealkylation sites (N-methyl/N-ethyl adjacent to an activating group) is 1. The van der Waals surface area contributed by atoms with Crippen LogP contribution in [0, 0.1) is 0 Å². The van der Waals surface area contributed by atoms with Gasteiger partial charge in [-0.1, -0.05) is 64.6 Å².